The van der Waals surface area contributed by atoms with E-state index in [1.165, 1.54) is 48.5 Å². The zero-order valence-corrected chi connectivity index (χ0v) is 42.0. The van der Waals surface area contributed by atoms with E-state index in [1.54, 1.807) is 48.7 Å². The first-order chi connectivity index (χ1) is 35.2. The SMILES string of the molecule is COC(=O)[C@@]1(O[C@H]2[C@@H](OC(=O)c3ccccc3)[C@@H](COC(=O)c3ccccc3)O[C@@H](SC)[C@@H]2OC(=O)c2ccccc2)C[C@H](OC(C)=O)[C@@H](NC(=O)COC(C)=O)[C@H]([C@H](OC(C)=O)[C@@H](COC(C)=O)OC(C)=O)O1. The molecule has 11 atom stereocenters. The standard InChI is InChI=1S/C50H55NO22S/c1-27(52)63-24-36(67-30(4)55)40(68-31(5)56)42-39(51-38(57)26-64-28(2)53)35(66-29(3)54)23-50(72-42,49(61)62-6)73-43-41(70-46(59)33-19-13-9-14-20-33)37(25-65-45(58)32-17-11-8-12-18-32)69-48(74-7)44(43)71-47(60)34-21-15-10-16-22-34/h8-22,35-37,39-44,48H,23-26H2,1-7H3,(H,51,57)/t35-,36+,37+,39+,40+,41-,42+,43-,44+,48-,50-/m0/s1. The highest BCUT2D eigenvalue weighted by Gasteiger charge is 2.63. The molecule has 2 fully saturated rings. The van der Waals surface area contributed by atoms with Crippen molar-refractivity contribution >= 4 is 71.4 Å². The number of hydrogen-bond acceptors (Lipinski definition) is 23. The van der Waals surface area contributed by atoms with Crippen molar-refractivity contribution in [2.75, 3.05) is 33.2 Å². The smallest absolute Gasteiger partial charge is 0.366 e. The molecule has 1 N–H and O–H groups in total. The molecule has 0 unspecified atom stereocenters. The van der Waals surface area contributed by atoms with Crippen molar-refractivity contribution in [2.45, 2.75) is 107 Å². The minimum atomic E-state index is -3.03. The van der Waals surface area contributed by atoms with E-state index in [-0.39, 0.29) is 16.7 Å². The second-order valence-electron chi connectivity index (χ2n) is 16.4. The molecule has 3 aromatic carbocycles. The Bertz CT molecular complexity index is 2480. The Hall–Kier alpha value is -7.41. The highest BCUT2D eigenvalue weighted by atomic mass is 32.2. The zero-order chi connectivity index (χ0) is 54.1. The fraction of sp³-hybridized carbons (Fsp3) is 0.440. The third-order valence-electron chi connectivity index (χ3n) is 10.9. The lowest BCUT2D eigenvalue weighted by Crippen LogP contribution is -2.71. The highest BCUT2D eigenvalue weighted by molar-refractivity contribution is 7.99. The molecule has 398 valence electrons. The molecule has 3 aromatic rings. The van der Waals surface area contributed by atoms with Gasteiger partial charge in [-0.15, -0.1) is 11.8 Å². The number of carbonyl (C=O) groups excluding carboxylic acids is 10. The number of rotatable bonds is 21. The monoisotopic (exact) mass is 1050 g/mol. The molecule has 24 heteroatoms. The Morgan fingerprint density at radius 1 is 0.635 bits per heavy atom. The Morgan fingerprint density at radius 2 is 1.16 bits per heavy atom. The Kier molecular flexibility index (Phi) is 21.0. The average molecular weight is 1050 g/mol. The van der Waals surface area contributed by atoms with Crippen LogP contribution in [0.3, 0.4) is 0 Å². The van der Waals surface area contributed by atoms with Crippen molar-refractivity contribution < 1.29 is 105 Å². The minimum absolute atomic E-state index is 0.0106. The number of nitrogens with one attached hydrogen (secondary N) is 1. The largest absolute Gasteiger partial charge is 0.465 e. The predicted octanol–water partition coefficient (Wildman–Crippen LogP) is 2.83. The quantitative estimate of drug-likeness (QED) is 0.118. The second-order valence-corrected chi connectivity index (χ2v) is 17.3. The molecule has 0 saturated carbocycles. The number of hydrogen-bond donors (Lipinski definition) is 1. The van der Waals surface area contributed by atoms with E-state index in [9.17, 15) is 47.9 Å². The maximum atomic E-state index is 14.8. The first kappa shape index (κ1) is 57.5. The lowest BCUT2D eigenvalue weighted by Gasteiger charge is -2.51. The second kappa shape index (κ2) is 27.0. The van der Waals surface area contributed by atoms with Crippen LogP contribution < -0.4 is 5.32 Å². The number of ether oxygens (including phenoxy) is 12. The molecule has 2 aliphatic rings. The molecular formula is C50H55NO22S. The fourth-order valence-corrected chi connectivity index (χ4v) is 8.58. The van der Waals surface area contributed by atoms with Crippen LogP contribution in [0.5, 0.6) is 0 Å². The van der Waals surface area contributed by atoms with Gasteiger partial charge in [-0.1, -0.05) is 54.6 Å². The molecule has 0 spiro atoms. The van der Waals surface area contributed by atoms with Gasteiger partial charge in [0.15, 0.2) is 31.0 Å². The van der Waals surface area contributed by atoms with Gasteiger partial charge in [0.1, 0.15) is 43.1 Å². The maximum absolute atomic E-state index is 14.8. The van der Waals surface area contributed by atoms with Crippen LogP contribution >= 0.6 is 11.8 Å². The molecule has 0 bridgehead atoms. The van der Waals surface area contributed by atoms with Crippen LogP contribution in [0, 0.1) is 0 Å². The molecule has 0 aliphatic carbocycles. The summed E-state index contributed by atoms with van der Waals surface area (Å²) < 4.78 is 70.3. The van der Waals surface area contributed by atoms with Gasteiger partial charge in [0.25, 0.3) is 11.7 Å². The van der Waals surface area contributed by atoms with Gasteiger partial charge in [-0.2, -0.15) is 0 Å². The van der Waals surface area contributed by atoms with E-state index in [1.807, 2.05) is 0 Å². The summed E-state index contributed by atoms with van der Waals surface area (Å²) in [6.07, 6.45) is -14.3. The van der Waals surface area contributed by atoms with Crippen molar-refractivity contribution in [1.82, 2.24) is 5.32 Å². The average Bonchev–Trinajstić information content (AvgIpc) is 3.37. The van der Waals surface area contributed by atoms with Crippen LogP contribution in [0.4, 0.5) is 0 Å². The van der Waals surface area contributed by atoms with E-state index in [2.05, 4.69) is 5.32 Å². The van der Waals surface area contributed by atoms with Crippen molar-refractivity contribution in [3.05, 3.63) is 108 Å². The predicted molar refractivity (Wildman–Crippen MR) is 251 cm³/mol. The third-order valence-corrected chi connectivity index (χ3v) is 11.7. The number of amides is 1. The van der Waals surface area contributed by atoms with Gasteiger partial charge in [-0.05, 0) is 42.7 Å². The van der Waals surface area contributed by atoms with E-state index < -0.39 is 152 Å². The summed E-state index contributed by atoms with van der Waals surface area (Å²) in [6, 6.07) is 21.2. The normalized spacial score (nSPS) is 23.9. The molecular weight excluding hydrogens is 999 g/mol. The Morgan fingerprint density at radius 3 is 1.65 bits per heavy atom. The van der Waals surface area contributed by atoms with Gasteiger partial charge >= 0.3 is 53.7 Å². The third kappa shape index (κ3) is 15.8. The van der Waals surface area contributed by atoms with E-state index in [0.717, 1.165) is 53.5 Å². The van der Waals surface area contributed by atoms with Gasteiger partial charge in [0.05, 0.1) is 36.3 Å². The van der Waals surface area contributed by atoms with Crippen molar-refractivity contribution in [2.24, 2.45) is 0 Å². The number of carbonyl (C=O) groups is 10. The summed E-state index contributed by atoms with van der Waals surface area (Å²) >= 11 is 0.956. The van der Waals surface area contributed by atoms with Crippen molar-refractivity contribution in [1.29, 1.82) is 0 Å². The summed E-state index contributed by atoms with van der Waals surface area (Å²) in [5.41, 5.74) is -1.18. The summed E-state index contributed by atoms with van der Waals surface area (Å²) in [5.74, 6) is -13.3. The molecule has 0 radical (unpaired) electrons. The summed E-state index contributed by atoms with van der Waals surface area (Å²) in [6.45, 7) is 2.44. The Balaban J connectivity index is 1.78. The number of methoxy groups -OCH3 is 1. The molecule has 2 heterocycles. The molecule has 1 amide bonds. The molecule has 23 nitrogen and oxygen atoms in total. The first-order valence-electron chi connectivity index (χ1n) is 22.7. The topological polar surface area (TPSA) is 293 Å². The summed E-state index contributed by atoms with van der Waals surface area (Å²) in [4.78, 5) is 133. The minimum Gasteiger partial charge on any atom is -0.465 e. The van der Waals surface area contributed by atoms with Gasteiger partial charge in [-0.3, -0.25) is 28.8 Å². The fourth-order valence-electron chi connectivity index (χ4n) is 7.85. The van der Waals surface area contributed by atoms with Crippen molar-refractivity contribution in [3.8, 4) is 0 Å². The van der Waals surface area contributed by atoms with E-state index >= 15 is 0 Å². The summed E-state index contributed by atoms with van der Waals surface area (Å²) in [5, 5.41) is 2.50. The molecule has 5 rings (SSSR count). The number of benzene rings is 3. The van der Waals surface area contributed by atoms with Crippen molar-refractivity contribution in [3.63, 3.8) is 0 Å². The Labute approximate surface area is 428 Å². The number of esters is 9. The van der Waals surface area contributed by atoms with Gasteiger partial charge in [0.2, 0.25) is 0 Å². The van der Waals surface area contributed by atoms with Crippen LogP contribution in [-0.4, -0.2) is 159 Å². The summed E-state index contributed by atoms with van der Waals surface area (Å²) in [7, 11) is 0.909. The van der Waals surface area contributed by atoms with Gasteiger partial charge < -0.3 is 62.2 Å². The van der Waals surface area contributed by atoms with E-state index in [4.69, 9.17) is 56.8 Å². The van der Waals surface area contributed by atoms with Gasteiger partial charge in [0, 0.05) is 34.6 Å². The maximum Gasteiger partial charge on any atom is 0.366 e. The highest BCUT2D eigenvalue weighted by Crippen LogP contribution is 2.42. The molecule has 74 heavy (non-hydrogen) atoms. The van der Waals surface area contributed by atoms with Crippen LogP contribution in [0.25, 0.3) is 0 Å². The van der Waals surface area contributed by atoms with Crippen LogP contribution in [0.1, 0.15) is 72.1 Å². The molecule has 0 aromatic heterocycles. The lowest BCUT2D eigenvalue weighted by atomic mass is 9.87. The molecule has 2 saturated heterocycles. The van der Waals surface area contributed by atoms with E-state index in [0.29, 0.717) is 0 Å². The van der Waals surface area contributed by atoms with Crippen LogP contribution in [0.15, 0.2) is 91.0 Å². The zero-order valence-electron chi connectivity index (χ0n) is 41.2. The lowest BCUT2D eigenvalue weighted by molar-refractivity contribution is -0.349. The first-order valence-corrected chi connectivity index (χ1v) is 24.0. The van der Waals surface area contributed by atoms with Crippen LogP contribution in [-0.2, 0) is 90.4 Å². The molecule has 2 aliphatic heterocycles. The van der Waals surface area contributed by atoms with Crippen LogP contribution in [0.2, 0.25) is 0 Å². The number of thioether (sulfide) groups is 1. The van der Waals surface area contributed by atoms with Gasteiger partial charge in [-0.25, -0.2) is 19.2 Å².